The molecule has 4 atom stereocenters. The lowest BCUT2D eigenvalue weighted by Crippen LogP contribution is -2.40. The quantitative estimate of drug-likeness (QED) is 0.462. The predicted molar refractivity (Wildman–Crippen MR) is 139 cm³/mol. The van der Waals surface area contributed by atoms with Crippen molar-refractivity contribution in [1.82, 2.24) is 14.5 Å². The van der Waals surface area contributed by atoms with E-state index in [9.17, 15) is 15.0 Å². The number of nitrogens with zero attached hydrogens (tertiary/aromatic N) is 3. The molecule has 1 aliphatic carbocycles. The van der Waals surface area contributed by atoms with Crippen LogP contribution in [0.4, 0.5) is 0 Å². The third kappa shape index (κ3) is 4.67. The first-order valence-electron chi connectivity index (χ1n) is 13.1. The number of imidazole rings is 1. The first kappa shape index (κ1) is 24.9. The topological polar surface area (TPSA) is 87.8 Å². The third-order valence-corrected chi connectivity index (χ3v) is 8.25. The van der Waals surface area contributed by atoms with Crippen molar-refractivity contribution in [2.24, 2.45) is 5.92 Å². The number of rotatable bonds is 7. The highest BCUT2D eigenvalue weighted by molar-refractivity contribution is 5.82. The van der Waals surface area contributed by atoms with Crippen molar-refractivity contribution in [3.8, 4) is 0 Å². The molecule has 1 saturated carbocycles. The SMILES string of the molecule is COC(O)N1CCc2ccc3c(nc([C@@H]4CCC[C@@H](C(=O)O)C4)n3[C@@H](C)Cc3ccccc3C)c2C1. The number of aliphatic hydroxyl groups excluding tert-OH is 1. The maximum absolute atomic E-state index is 11.9. The molecule has 3 aromatic rings. The van der Waals surface area contributed by atoms with Gasteiger partial charge in [-0.15, -0.1) is 0 Å². The van der Waals surface area contributed by atoms with Crippen molar-refractivity contribution in [3.63, 3.8) is 0 Å². The van der Waals surface area contributed by atoms with Crippen LogP contribution in [0.2, 0.25) is 0 Å². The molecule has 1 unspecified atom stereocenters. The van der Waals surface area contributed by atoms with Gasteiger partial charge in [-0.05, 0) is 74.3 Å². The summed E-state index contributed by atoms with van der Waals surface area (Å²) in [5, 5.41) is 20.1. The van der Waals surface area contributed by atoms with E-state index in [1.54, 1.807) is 0 Å². The van der Waals surface area contributed by atoms with Gasteiger partial charge < -0.3 is 19.5 Å². The lowest BCUT2D eigenvalue weighted by Gasteiger charge is -2.31. The molecule has 1 fully saturated rings. The van der Waals surface area contributed by atoms with E-state index < -0.39 is 12.4 Å². The highest BCUT2D eigenvalue weighted by Crippen LogP contribution is 2.40. The number of hydrogen-bond acceptors (Lipinski definition) is 5. The summed E-state index contributed by atoms with van der Waals surface area (Å²) in [6, 6.07) is 13.1. The number of carbonyl (C=O) groups is 1. The first-order chi connectivity index (χ1) is 17.4. The zero-order valence-electron chi connectivity index (χ0n) is 21.5. The summed E-state index contributed by atoms with van der Waals surface area (Å²) in [5.74, 6) is 0.114. The van der Waals surface area contributed by atoms with Gasteiger partial charge in [-0.25, -0.2) is 4.98 Å². The van der Waals surface area contributed by atoms with Gasteiger partial charge in [0, 0.05) is 32.2 Å². The van der Waals surface area contributed by atoms with E-state index in [0.717, 1.165) is 61.1 Å². The summed E-state index contributed by atoms with van der Waals surface area (Å²) >= 11 is 0. The molecule has 0 bridgehead atoms. The van der Waals surface area contributed by atoms with E-state index in [0.29, 0.717) is 13.0 Å². The van der Waals surface area contributed by atoms with Crippen LogP contribution in [-0.2, 0) is 28.9 Å². The van der Waals surface area contributed by atoms with E-state index in [-0.39, 0.29) is 17.9 Å². The minimum Gasteiger partial charge on any atom is -0.481 e. The number of aliphatic carboxylic acids is 1. The van der Waals surface area contributed by atoms with E-state index in [4.69, 9.17) is 9.72 Å². The second kappa shape index (κ2) is 10.3. The van der Waals surface area contributed by atoms with Crippen molar-refractivity contribution in [2.45, 2.75) is 77.3 Å². The Labute approximate surface area is 212 Å². The highest BCUT2D eigenvalue weighted by atomic mass is 16.6. The Bertz CT molecular complexity index is 1250. The summed E-state index contributed by atoms with van der Waals surface area (Å²) in [7, 11) is 1.52. The summed E-state index contributed by atoms with van der Waals surface area (Å²) in [4.78, 5) is 19.1. The van der Waals surface area contributed by atoms with E-state index in [1.807, 2.05) is 4.90 Å². The van der Waals surface area contributed by atoms with Crippen molar-refractivity contribution in [2.75, 3.05) is 13.7 Å². The maximum atomic E-state index is 11.9. The molecule has 7 heteroatoms. The van der Waals surface area contributed by atoms with Crippen LogP contribution in [-0.4, -0.2) is 50.7 Å². The molecular weight excluding hydrogens is 454 g/mol. The van der Waals surface area contributed by atoms with Crippen LogP contribution in [0, 0.1) is 12.8 Å². The van der Waals surface area contributed by atoms with Gasteiger partial charge in [0.1, 0.15) is 5.82 Å². The lowest BCUT2D eigenvalue weighted by molar-refractivity contribution is -0.181. The fourth-order valence-electron chi connectivity index (χ4n) is 6.22. The predicted octanol–water partition coefficient (Wildman–Crippen LogP) is 4.79. The third-order valence-electron chi connectivity index (χ3n) is 8.25. The average molecular weight is 492 g/mol. The fourth-order valence-corrected chi connectivity index (χ4v) is 6.22. The van der Waals surface area contributed by atoms with Gasteiger partial charge in [0.15, 0.2) is 0 Å². The minimum absolute atomic E-state index is 0.117. The molecule has 2 N–H and O–H groups in total. The Morgan fingerprint density at radius 3 is 2.78 bits per heavy atom. The van der Waals surface area contributed by atoms with Gasteiger partial charge in [0.05, 0.1) is 17.0 Å². The molecule has 5 rings (SSSR count). The van der Waals surface area contributed by atoms with Crippen LogP contribution >= 0.6 is 0 Å². The van der Waals surface area contributed by atoms with Gasteiger partial charge in [0.25, 0.3) is 0 Å². The van der Waals surface area contributed by atoms with E-state index in [2.05, 4.69) is 54.8 Å². The molecule has 192 valence electrons. The molecule has 2 aromatic carbocycles. The zero-order valence-corrected chi connectivity index (χ0v) is 21.5. The summed E-state index contributed by atoms with van der Waals surface area (Å²) in [6.07, 6.45) is 4.01. The molecule has 0 spiro atoms. The molecule has 2 aliphatic rings. The molecule has 1 aliphatic heterocycles. The number of hydrogen-bond donors (Lipinski definition) is 2. The Morgan fingerprint density at radius 2 is 2.03 bits per heavy atom. The molecule has 0 saturated heterocycles. The molecule has 2 heterocycles. The second-order valence-electron chi connectivity index (χ2n) is 10.6. The largest absolute Gasteiger partial charge is 0.481 e. The molecule has 0 amide bonds. The highest BCUT2D eigenvalue weighted by Gasteiger charge is 2.33. The van der Waals surface area contributed by atoms with E-state index in [1.165, 1.54) is 23.8 Å². The van der Waals surface area contributed by atoms with Crippen LogP contribution in [0.15, 0.2) is 36.4 Å². The van der Waals surface area contributed by atoms with Gasteiger partial charge in [-0.2, -0.15) is 0 Å². The normalized spacial score (nSPS) is 22.3. The van der Waals surface area contributed by atoms with Crippen molar-refractivity contribution >= 4 is 17.0 Å². The van der Waals surface area contributed by atoms with Crippen LogP contribution in [0.25, 0.3) is 11.0 Å². The number of aromatic nitrogens is 2. The van der Waals surface area contributed by atoms with Crippen molar-refractivity contribution < 1.29 is 19.7 Å². The lowest BCUT2D eigenvalue weighted by atomic mass is 9.81. The Balaban J connectivity index is 1.60. The van der Waals surface area contributed by atoms with Crippen LogP contribution in [0.1, 0.15) is 72.6 Å². The van der Waals surface area contributed by atoms with E-state index >= 15 is 0 Å². The molecular formula is C29H37N3O4. The first-order valence-corrected chi connectivity index (χ1v) is 13.1. The van der Waals surface area contributed by atoms with Gasteiger partial charge in [-0.1, -0.05) is 36.8 Å². The molecule has 7 nitrogen and oxygen atoms in total. The minimum atomic E-state index is -0.940. The summed E-state index contributed by atoms with van der Waals surface area (Å²) in [5.41, 5.74) is 7.07. The van der Waals surface area contributed by atoms with Crippen LogP contribution in [0.3, 0.4) is 0 Å². The number of aliphatic hydroxyl groups is 1. The molecule has 1 aromatic heterocycles. The van der Waals surface area contributed by atoms with Crippen molar-refractivity contribution in [1.29, 1.82) is 0 Å². The Hall–Kier alpha value is -2.74. The van der Waals surface area contributed by atoms with Crippen molar-refractivity contribution in [3.05, 3.63) is 64.5 Å². The summed E-state index contributed by atoms with van der Waals surface area (Å²) < 4.78 is 7.57. The number of carboxylic acid groups (broad SMARTS) is 1. The average Bonchev–Trinajstić information content (AvgIpc) is 3.29. The monoisotopic (exact) mass is 491 g/mol. The zero-order chi connectivity index (χ0) is 25.4. The number of ether oxygens (including phenoxy) is 1. The van der Waals surface area contributed by atoms with Gasteiger partial charge >= 0.3 is 5.97 Å². The number of fused-ring (bicyclic) bond motifs is 3. The Morgan fingerprint density at radius 1 is 1.22 bits per heavy atom. The number of aryl methyl sites for hydroxylation is 1. The van der Waals surface area contributed by atoms with Crippen LogP contribution in [0.5, 0.6) is 0 Å². The van der Waals surface area contributed by atoms with Crippen LogP contribution < -0.4 is 0 Å². The Kier molecular flexibility index (Phi) is 7.15. The maximum Gasteiger partial charge on any atom is 0.306 e. The molecule has 0 radical (unpaired) electrons. The van der Waals surface area contributed by atoms with Gasteiger partial charge in [-0.3, -0.25) is 9.69 Å². The summed E-state index contributed by atoms with van der Waals surface area (Å²) in [6.45, 7) is 5.70. The van der Waals surface area contributed by atoms with Gasteiger partial charge in [0.2, 0.25) is 6.41 Å². The number of methoxy groups -OCH3 is 1. The number of benzene rings is 2. The molecule has 36 heavy (non-hydrogen) atoms. The number of carboxylic acids is 1. The standard InChI is InChI=1S/C29H37N3O4/c1-18-7-4-5-8-21(18)15-19(2)32-25-12-11-20-13-14-31(29(35)36-3)17-24(20)26(25)30-27(32)22-9-6-10-23(16-22)28(33)34/h4-5,7-8,11-12,19,22-23,29,35H,6,9-10,13-17H2,1-3H3,(H,33,34)/t19-,22+,23+,29?/m0/s1. The smallest absolute Gasteiger partial charge is 0.306 e. The fraction of sp³-hybridized carbons (Fsp3) is 0.517. The second-order valence-corrected chi connectivity index (χ2v) is 10.6.